The molecule has 0 spiro atoms. The first-order chi connectivity index (χ1) is 17.0. The van der Waals surface area contributed by atoms with Crippen LogP contribution in [-0.4, -0.2) is 18.2 Å². The number of fused-ring (bicyclic) bond motifs is 2. The highest BCUT2D eigenvalue weighted by Crippen LogP contribution is 2.40. The fraction of sp³-hybridized carbons (Fsp3) is 0.345. The molecule has 4 rings (SSSR count). The van der Waals surface area contributed by atoms with Crippen LogP contribution in [0.2, 0.25) is 0 Å². The van der Waals surface area contributed by atoms with E-state index in [0.717, 1.165) is 23.4 Å². The molecule has 0 amide bonds. The minimum Gasteiger partial charge on any atom is -0.507 e. The summed E-state index contributed by atoms with van der Waals surface area (Å²) >= 11 is 0. The Labute approximate surface area is 208 Å². The third-order valence-electron chi connectivity index (χ3n) is 6.28. The fourth-order valence-electron chi connectivity index (χ4n) is 4.99. The molecule has 7 heteroatoms. The first-order valence-corrected chi connectivity index (χ1v) is 12.2. The van der Waals surface area contributed by atoms with Gasteiger partial charge in [-0.05, 0) is 28.5 Å². The van der Waals surface area contributed by atoms with Crippen molar-refractivity contribution in [1.82, 2.24) is 0 Å². The Morgan fingerprint density at radius 2 is 1.53 bits per heavy atom. The van der Waals surface area contributed by atoms with Crippen molar-refractivity contribution in [3.8, 4) is 16.9 Å². The maximum Gasteiger partial charge on any atom is 0.450 e. The van der Waals surface area contributed by atoms with Gasteiger partial charge < -0.3 is 14.4 Å². The molecule has 0 aliphatic rings. The average Bonchev–Trinajstić information content (AvgIpc) is 2.79. The van der Waals surface area contributed by atoms with Gasteiger partial charge in [0.1, 0.15) is 12.3 Å². The van der Waals surface area contributed by atoms with E-state index < -0.39 is 22.9 Å². The van der Waals surface area contributed by atoms with E-state index >= 15 is 0 Å². The van der Waals surface area contributed by atoms with Gasteiger partial charge in [0.2, 0.25) is 11.2 Å². The Morgan fingerprint density at radius 1 is 0.889 bits per heavy atom. The lowest BCUT2D eigenvalue weighted by atomic mass is 9.95. The van der Waals surface area contributed by atoms with Crippen LogP contribution in [0.3, 0.4) is 0 Å². The second-order valence-electron chi connectivity index (χ2n) is 10.2. The van der Waals surface area contributed by atoms with Crippen LogP contribution in [-0.2, 0) is 12.7 Å². The van der Waals surface area contributed by atoms with Crippen LogP contribution in [0.1, 0.15) is 39.0 Å². The molecule has 0 unspecified atom stereocenters. The summed E-state index contributed by atoms with van der Waals surface area (Å²) in [6.45, 7) is 10.1. The molecule has 0 aliphatic heterocycles. The minimum atomic E-state index is -4.91. The van der Waals surface area contributed by atoms with Gasteiger partial charge in [0.25, 0.3) is 0 Å². The van der Waals surface area contributed by atoms with Gasteiger partial charge in [-0.1, -0.05) is 70.2 Å². The summed E-state index contributed by atoms with van der Waals surface area (Å²) in [5.41, 5.74) is -1.11. The Bertz CT molecular complexity index is 1440. The summed E-state index contributed by atoms with van der Waals surface area (Å²) in [4.78, 5) is 14.8. The number of phenolic OH excluding ortho intramolecular Hbond substituents is 1. The van der Waals surface area contributed by atoms with Gasteiger partial charge in [-0.3, -0.25) is 4.79 Å². The lowest BCUT2D eigenvalue weighted by Gasteiger charge is -2.24. The molecular weight excluding hydrogens is 467 g/mol. The molecule has 3 aromatic carbocycles. The maximum absolute atomic E-state index is 14.4. The van der Waals surface area contributed by atoms with E-state index in [-0.39, 0.29) is 34.4 Å². The van der Waals surface area contributed by atoms with Crippen LogP contribution in [0, 0.1) is 11.8 Å². The van der Waals surface area contributed by atoms with Crippen molar-refractivity contribution < 1.29 is 27.6 Å². The SMILES string of the molecule is CC(C)C[NH+](Cc1c(O)ccc2c(=O)c(-c3cccc4ccccc34)c(C(F)(F)F)oc12)CC(C)C. The topological polar surface area (TPSA) is 54.9 Å². The number of phenols is 1. The third kappa shape index (κ3) is 5.12. The number of quaternary nitrogens is 1. The lowest BCUT2D eigenvalue weighted by molar-refractivity contribution is -0.919. The number of hydrogen-bond acceptors (Lipinski definition) is 3. The summed E-state index contributed by atoms with van der Waals surface area (Å²) in [6, 6.07) is 14.6. The molecular formula is C29H31F3NO3+. The quantitative estimate of drug-likeness (QED) is 0.327. The van der Waals surface area contributed by atoms with Gasteiger partial charge in [-0.15, -0.1) is 0 Å². The van der Waals surface area contributed by atoms with Crippen LogP contribution in [0.4, 0.5) is 13.2 Å². The normalized spacial score (nSPS) is 12.5. The summed E-state index contributed by atoms with van der Waals surface area (Å²) in [6.07, 6.45) is -4.91. The highest BCUT2D eigenvalue weighted by molar-refractivity contribution is 5.99. The van der Waals surface area contributed by atoms with Gasteiger partial charge in [-0.25, -0.2) is 0 Å². The number of alkyl halides is 3. The minimum absolute atomic E-state index is 0.0205. The molecule has 2 N–H and O–H groups in total. The maximum atomic E-state index is 14.4. The van der Waals surface area contributed by atoms with Crippen molar-refractivity contribution in [2.45, 2.75) is 40.4 Å². The highest BCUT2D eigenvalue weighted by atomic mass is 19.4. The van der Waals surface area contributed by atoms with Crippen molar-refractivity contribution in [3.63, 3.8) is 0 Å². The smallest absolute Gasteiger partial charge is 0.450 e. The highest BCUT2D eigenvalue weighted by Gasteiger charge is 2.40. The zero-order valence-electron chi connectivity index (χ0n) is 20.9. The van der Waals surface area contributed by atoms with Gasteiger partial charge in [0, 0.05) is 11.8 Å². The first-order valence-electron chi connectivity index (χ1n) is 12.2. The number of halogens is 3. The monoisotopic (exact) mass is 498 g/mol. The molecule has 4 aromatic rings. The summed E-state index contributed by atoms with van der Waals surface area (Å²) in [5.74, 6) is -0.850. The zero-order valence-corrected chi connectivity index (χ0v) is 20.9. The van der Waals surface area contributed by atoms with Crippen molar-refractivity contribution in [2.24, 2.45) is 11.8 Å². The van der Waals surface area contributed by atoms with Crippen LogP contribution in [0.25, 0.3) is 32.9 Å². The summed E-state index contributed by atoms with van der Waals surface area (Å²) in [7, 11) is 0. The Morgan fingerprint density at radius 3 is 2.17 bits per heavy atom. The largest absolute Gasteiger partial charge is 0.507 e. The molecule has 190 valence electrons. The Kier molecular flexibility index (Phi) is 7.14. The molecule has 0 bridgehead atoms. The molecule has 0 radical (unpaired) electrons. The lowest BCUT2D eigenvalue weighted by Crippen LogP contribution is -3.11. The first kappa shape index (κ1) is 25.8. The standard InChI is InChI=1S/C29H30F3NO3/c1-17(2)14-33(15-18(3)4)16-23-24(34)13-12-22-26(35)25(28(29(30,31)32)36-27(22)23)21-11-7-9-19-8-5-6-10-20(19)21/h5-13,17-18,34H,14-16H2,1-4H3/p+1. The van der Waals surface area contributed by atoms with E-state index in [4.69, 9.17) is 4.42 Å². The molecule has 0 fully saturated rings. The number of rotatable bonds is 7. The number of nitrogens with one attached hydrogen (secondary N) is 1. The molecule has 0 saturated carbocycles. The molecule has 0 aliphatic carbocycles. The Hall–Kier alpha value is -3.32. The van der Waals surface area contributed by atoms with Gasteiger partial charge in [0.05, 0.1) is 29.6 Å². The zero-order chi connectivity index (χ0) is 26.2. The average molecular weight is 499 g/mol. The molecule has 4 nitrogen and oxygen atoms in total. The third-order valence-corrected chi connectivity index (χ3v) is 6.28. The molecule has 0 saturated heterocycles. The van der Waals surface area contributed by atoms with E-state index in [2.05, 4.69) is 27.7 Å². The van der Waals surface area contributed by atoms with Crippen LogP contribution >= 0.6 is 0 Å². The van der Waals surface area contributed by atoms with E-state index in [0.29, 0.717) is 17.2 Å². The molecule has 1 aromatic heterocycles. The summed E-state index contributed by atoms with van der Waals surface area (Å²) in [5, 5.41) is 11.9. The van der Waals surface area contributed by atoms with E-state index in [1.807, 2.05) is 0 Å². The number of aromatic hydroxyl groups is 1. The van der Waals surface area contributed by atoms with E-state index in [1.54, 1.807) is 36.4 Å². The molecule has 36 heavy (non-hydrogen) atoms. The number of benzene rings is 3. The van der Waals surface area contributed by atoms with Gasteiger partial charge in [-0.2, -0.15) is 13.2 Å². The van der Waals surface area contributed by atoms with E-state index in [9.17, 15) is 23.1 Å². The van der Waals surface area contributed by atoms with Crippen molar-refractivity contribution in [3.05, 3.63) is 76.1 Å². The molecule has 0 atom stereocenters. The molecule has 1 heterocycles. The van der Waals surface area contributed by atoms with Crippen LogP contribution in [0.15, 0.2) is 63.8 Å². The van der Waals surface area contributed by atoms with Crippen molar-refractivity contribution in [2.75, 3.05) is 13.1 Å². The second-order valence-corrected chi connectivity index (χ2v) is 10.2. The van der Waals surface area contributed by atoms with Crippen LogP contribution < -0.4 is 10.3 Å². The van der Waals surface area contributed by atoms with Gasteiger partial charge in [0.15, 0.2) is 5.58 Å². The fourth-order valence-corrected chi connectivity index (χ4v) is 4.99. The van der Waals surface area contributed by atoms with Crippen LogP contribution in [0.5, 0.6) is 5.75 Å². The predicted octanol–water partition coefficient (Wildman–Crippen LogP) is 6.03. The van der Waals surface area contributed by atoms with Crippen molar-refractivity contribution in [1.29, 1.82) is 0 Å². The van der Waals surface area contributed by atoms with Crippen molar-refractivity contribution >= 4 is 21.7 Å². The second kappa shape index (κ2) is 9.97. The van der Waals surface area contributed by atoms with Gasteiger partial charge >= 0.3 is 6.18 Å². The van der Waals surface area contributed by atoms with E-state index in [1.165, 1.54) is 18.2 Å². The predicted molar refractivity (Wildman–Crippen MR) is 136 cm³/mol. The Balaban J connectivity index is 2.01. The number of hydrogen-bond donors (Lipinski definition) is 2. The summed E-state index contributed by atoms with van der Waals surface area (Å²) < 4.78 is 48.7.